The molecule has 0 atom stereocenters. The summed E-state index contributed by atoms with van der Waals surface area (Å²) in [4.78, 5) is 9.54. The molecule has 7 nitrogen and oxygen atoms in total. The van der Waals surface area contributed by atoms with E-state index in [1.165, 1.54) is 9.21 Å². The van der Waals surface area contributed by atoms with E-state index in [4.69, 9.17) is 0 Å². The molecular weight excluding hydrogens is 386 g/mol. The van der Waals surface area contributed by atoms with Crippen LogP contribution < -0.4 is 19.5 Å². The molecule has 1 aromatic heterocycles. The van der Waals surface area contributed by atoms with Crippen molar-refractivity contribution in [1.29, 1.82) is 0 Å². The summed E-state index contributed by atoms with van der Waals surface area (Å²) in [5.41, 5.74) is 2.56. The van der Waals surface area contributed by atoms with Crippen LogP contribution in [0.4, 0.5) is 11.6 Å². The number of sulfonamides is 1. The molecule has 3 rings (SSSR count). The van der Waals surface area contributed by atoms with Gasteiger partial charge < -0.3 is 10.2 Å². The molecular formula is C21H29N5O2S+2. The van der Waals surface area contributed by atoms with Gasteiger partial charge in [-0.3, -0.25) is 0 Å². The molecule has 0 aliphatic heterocycles. The van der Waals surface area contributed by atoms with E-state index in [1.807, 2.05) is 31.2 Å². The molecule has 0 saturated heterocycles. The number of fused-ring (bicyclic) bond motifs is 1. The maximum atomic E-state index is 13.2. The van der Waals surface area contributed by atoms with E-state index in [1.54, 1.807) is 31.3 Å². The summed E-state index contributed by atoms with van der Waals surface area (Å²) >= 11 is 0. The van der Waals surface area contributed by atoms with E-state index in [-0.39, 0.29) is 4.90 Å². The quantitative estimate of drug-likeness (QED) is 0.541. The topological polar surface area (TPSA) is 80.9 Å². The Hall–Kier alpha value is -2.71. The molecule has 3 N–H and O–H groups in total. The number of aryl methyl sites for hydroxylation is 1. The predicted octanol–water partition coefficient (Wildman–Crippen LogP) is 1.13. The fourth-order valence-electron chi connectivity index (χ4n) is 3.03. The maximum Gasteiger partial charge on any atom is 0.333 e. The smallest absolute Gasteiger partial charge is 0.333 e. The Kier molecular flexibility index (Phi) is 6.34. The Balaban J connectivity index is 1.98. The molecule has 0 fully saturated rings. The molecule has 154 valence electrons. The highest BCUT2D eigenvalue weighted by atomic mass is 32.2. The molecule has 0 aliphatic carbocycles. The molecule has 0 bridgehead atoms. The molecule has 8 heteroatoms. The minimum atomic E-state index is -3.73. The molecule has 3 aromatic rings. The van der Waals surface area contributed by atoms with Crippen molar-refractivity contribution in [3.63, 3.8) is 0 Å². The molecule has 0 amide bonds. The van der Waals surface area contributed by atoms with Crippen molar-refractivity contribution in [1.82, 2.24) is 4.98 Å². The van der Waals surface area contributed by atoms with Crippen molar-refractivity contribution < 1.29 is 18.3 Å². The average Bonchev–Trinajstić information content (AvgIpc) is 2.70. The Bertz CT molecular complexity index is 1080. The summed E-state index contributed by atoms with van der Waals surface area (Å²) in [6, 6.07) is 14.4. The second kappa shape index (κ2) is 8.75. The van der Waals surface area contributed by atoms with Gasteiger partial charge in [0.25, 0.3) is 0 Å². The Morgan fingerprint density at radius 2 is 1.79 bits per heavy atom. The van der Waals surface area contributed by atoms with E-state index in [9.17, 15) is 8.42 Å². The van der Waals surface area contributed by atoms with Crippen LogP contribution in [-0.4, -0.2) is 47.6 Å². The van der Waals surface area contributed by atoms with Crippen LogP contribution in [0.15, 0.2) is 53.4 Å². The van der Waals surface area contributed by atoms with E-state index in [0.717, 1.165) is 29.6 Å². The number of para-hydroxylation sites is 2. The number of quaternary nitrogens is 1. The van der Waals surface area contributed by atoms with Crippen LogP contribution in [0.3, 0.4) is 0 Å². The number of nitrogens with one attached hydrogen (secondary N) is 3. The highest BCUT2D eigenvalue weighted by molar-refractivity contribution is 7.92. The fourth-order valence-corrected chi connectivity index (χ4v) is 4.19. The monoisotopic (exact) mass is 415 g/mol. The van der Waals surface area contributed by atoms with E-state index >= 15 is 0 Å². The van der Waals surface area contributed by atoms with Gasteiger partial charge in [0.15, 0.2) is 5.52 Å². The Morgan fingerprint density at radius 1 is 1.10 bits per heavy atom. The van der Waals surface area contributed by atoms with Gasteiger partial charge in [-0.2, -0.15) is 8.42 Å². The third-order valence-electron chi connectivity index (χ3n) is 4.75. The zero-order valence-electron chi connectivity index (χ0n) is 17.4. The van der Waals surface area contributed by atoms with Gasteiger partial charge in [-0.25, -0.2) is 9.97 Å². The lowest BCUT2D eigenvalue weighted by atomic mass is 10.2. The lowest BCUT2D eigenvalue weighted by molar-refractivity contribution is -0.858. The lowest BCUT2D eigenvalue weighted by Gasteiger charge is -2.16. The van der Waals surface area contributed by atoms with E-state index in [2.05, 4.69) is 29.4 Å². The second-order valence-electron chi connectivity index (χ2n) is 7.47. The van der Waals surface area contributed by atoms with Crippen LogP contribution in [0.25, 0.3) is 11.0 Å². The number of benzene rings is 2. The zero-order valence-corrected chi connectivity index (χ0v) is 18.2. The number of nitrogens with zero attached hydrogens (tertiary/aromatic N) is 2. The third kappa shape index (κ3) is 4.83. The molecule has 0 aliphatic rings. The van der Waals surface area contributed by atoms with Gasteiger partial charge in [-0.05, 0) is 31.2 Å². The van der Waals surface area contributed by atoms with Gasteiger partial charge in [0.1, 0.15) is 10.4 Å². The summed E-state index contributed by atoms with van der Waals surface area (Å²) in [5, 5.41) is 3.31. The van der Waals surface area contributed by atoms with Crippen LogP contribution >= 0.6 is 0 Å². The fraction of sp³-hybridized carbons (Fsp3) is 0.333. The van der Waals surface area contributed by atoms with Gasteiger partial charge in [0.2, 0.25) is 5.82 Å². The average molecular weight is 416 g/mol. The molecule has 2 aromatic carbocycles. The number of hydrogen-bond donors (Lipinski definition) is 2. The predicted molar refractivity (Wildman–Crippen MR) is 116 cm³/mol. The number of H-pyrrole nitrogens is 1. The number of anilines is 2. The third-order valence-corrected chi connectivity index (χ3v) is 6.53. The summed E-state index contributed by atoms with van der Waals surface area (Å²) in [5.74, 6) is 0.942. The molecule has 0 radical (unpaired) electrons. The van der Waals surface area contributed by atoms with Crippen molar-refractivity contribution in [2.45, 2.75) is 18.2 Å². The van der Waals surface area contributed by atoms with Gasteiger partial charge in [-0.1, -0.05) is 29.8 Å². The molecule has 1 heterocycles. The van der Waals surface area contributed by atoms with Crippen LogP contribution in [0.2, 0.25) is 0 Å². The first-order valence-corrected chi connectivity index (χ1v) is 11.1. The minimum Gasteiger partial charge on any atom is -0.363 e. The lowest BCUT2D eigenvalue weighted by Crippen LogP contribution is -3.05. The van der Waals surface area contributed by atoms with Crippen molar-refractivity contribution in [3.8, 4) is 0 Å². The summed E-state index contributed by atoms with van der Waals surface area (Å²) in [6.07, 6.45) is 0.949. The first-order chi connectivity index (χ1) is 13.8. The zero-order chi connectivity index (χ0) is 21.0. The van der Waals surface area contributed by atoms with Gasteiger partial charge in [-0.15, -0.1) is 4.31 Å². The SMILES string of the molecule is Cc1ccc(S(=O)(=O)N(C)c2[nH+]c3ccccc3nc2NCCC[NH+](C)C)cc1. The molecule has 29 heavy (non-hydrogen) atoms. The van der Waals surface area contributed by atoms with Crippen molar-refractivity contribution >= 4 is 32.7 Å². The van der Waals surface area contributed by atoms with Crippen LogP contribution in [0, 0.1) is 6.92 Å². The highest BCUT2D eigenvalue weighted by Crippen LogP contribution is 2.25. The van der Waals surface area contributed by atoms with E-state index in [0.29, 0.717) is 18.2 Å². The van der Waals surface area contributed by atoms with Crippen molar-refractivity contribution in [2.24, 2.45) is 0 Å². The molecule has 0 saturated carbocycles. The normalized spacial score (nSPS) is 11.8. The van der Waals surface area contributed by atoms with Gasteiger partial charge >= 0.3 is 15.8 Å². The summed E-state index contributed by atoms with van der Waals surface area (Å²) < 4.78 is 27.7. The number of aromatic nitrogens is 2. The maximum absolute atomic E-state index is 13.2. The van der Waals surface area contributed by atoms with Gasteiger partial charge in [0.05, 0.1) is 27.7 Å². The van der Waals surface area contributed by atoms with Crippen LogP contribution in [-0.2, 0) is 10.0 Å². The largest absolute Gasteiger partial charge is 0.363 e. The Labute approximate surface area is 172 Å². The second-order valence-corrected chi connectivity index (χ2v) is 9.44. The van der Waals surface area contributed by atoms with Crippen molar-refractivity contribution in [3.05, 3.63) is 54.1 Å². The number of aromatic amines is 1. The Morgan fingerprint density at radius 3 is 2.48 bits per heavy atom. The van der Waals surface area contributed by atoms with Crippen LogP contribution in [0.1, 0.15) is 12.0 Å². The number of rotatable bonds is 8. The minimum absolute atomic E-state index is 0.245. The van der Waals surface area contributed by atoms with Crippen molar-refractivity contribution in [2.75, 3.05) is 43.9 Å². The standard InChI is InChI=1S/C21H27N5O2S/c1-16-10-12-17(13-11-16)29(27,28)26(4)21-20(22-14-7-15-25(2)3)23-18-8-5-6-9-19(18)24-21/h5-6,8-13H,7,14-15H2,1-4H3,(H,22,23)/p+2. The number of hydrogen-bond acceptors (Lipinski definition) is 4. The highest BCUT2D eigenvalue weighted by Gasteiger charge is 2.32. The van der Waals surface area contributed by atoms with E-state index < -0.39 is 10.0 Å². The summed E-state index contributed by atoms with van der Waals surface area (Å²) in [6.45, 7) is 3.64. The molecule has 0 unspecified atom stereocenters. The first-order valence-electron chi connectivity index (χ1n) is 9.69. The first kappa shape index (κ1) is 21.0. The van der Waals surface area contributed by atoms with Crippen LogP contribution in [0.5, 0.6) is 0 Å². The van der Waals surface area contributed by atoms with Gasteiger partial charge in [0, 0.05) is 13.0 Å². The summed E-state index contributed by atoms with van der Waals surface area (Å²) in [7, 11) is 2.04. The molecule has 0 spiro atoms.